The number of rotatable bonds is 0. The third kappa shape index (κ3) is 2.75. The monoisotopic (exact) mass is 296 g/mol. The predicted octanol–water partition coefficient (Wildman–Crippen LogP) is 7.25. The molecule has 3 aromatic rings. The van der Waals surface area contributed by atoms with Gasteiger partial charge in [0.05, 0.1) is 0 Å². The summed E-state index contributed by atoms with van der Waals surface area (Å²) in [6.07, 6.45) is 2.38. The van der Waals surface area contributed by atoms with Gasteiger partial charge in [-0.2, -0.15) is 0 Å². The van der Waals surface area contributed by atoms with Crippen LogP contribution in [0.2, 0.25) is 0 Å². The first-order valence-corrected chi connectivity index (χ1v) is 6.68. The Hall–Kier alpha value is -1.82. The molecule has 0 N–H and O–H groups in total. The van der Waals surface area contributed by atoms with Crippen LogP contribution in [0.25, 0.3) is 21.5 Å². The van der Waals surface area contributed by atoms with Crippen LogP contribution in [0, 0.1) is 13.8 Å². The number of benzene rings is 3. The van der Waals surface area contributed by atoms with Gasteiger partial charge in [0.25, 0.3) is 0 Å². The molecule has 0 saturated carbocycles. The first-order valence-electron chi connectivity index (χ1n) is 6.68. The highest BCUT2D eigenvalue weighted by atomic mass is 14.2. The molecule has 120 valence electrons. The first-order chi connectivity index (χ1) is 8.72. The maximum Gasteiger partial charge on any atom is -0.00702 e. The smallest absolute Gasteiger partial charge is 0.00702 e. The number of aryl methyl sites for hydroxylation is 4. The van der Waals surface area contributed by atoms with Crippen LogP contribution in [0.4, 0.5) is 0 Å². The average molecular weight is 296 g/mol. The van der Waals surface area contributed by atoms with Gasteiger partial charge in [-0.05, 0) is 59.4 Å². The van der Waals surface area contributed by atoms with Crippen LogP contribution in [-0.2, 0) is 12.8 Å². The molecule has 0 heteroatoms. The topological polar surface area (TPSA) is 0 Å². The van der Waals surface area contributed by atoms with Crippen LogP contribution in [0.5, 0.6) is 0 Å². The fourth-order valence-electron chi connectivity index (χ4n) is 3.50. The zero-order valence-electron chi connectivity index (χ0n) is 10.9. The van der Waals surface area contributed by atoms with Crippen molar-refractivity contribution in [1.29, 1.82) is 0 Å². The zero-order chi connectivity index (χ0) is 12.3. The maximum atomic E-state index is 2.37. The molecule has 0 unspecified atom stereocenters. The Balaban J connectivity index is 0.00000110. The molecule has 4 rings (SSSR count). The summed E-state index contributed by atoms with van der Waals surface area (Å²) in [6, 6.07) is 13.9. The molecule has 0 atom stereocenters. The molecule has 22 heavy (non-hydrogen) atoms. The van der Waals surface area contributed by atoms with Crippen LogP contribution < -0.4 is 0 Å². The van der Waals surface area contributed by atoms with Crippen molar-refractivity contribution in [2.24, 2.45) is 0 Å². The summed E-state index contributed by atoms with van der Waals surface area (Å²) in [4.78, 5) is 0. The molecular formula is C22H32. The molecule has 1 aliphatic carbocycles. The van der Waals surface area contributed by atoms with Crippen LogP contribution in [-0.4, -0.2) is 0 Å². The lowest BCUT2D eigenvalue weighted by Crippen LogP contribution is -2.02. The van der Waals surface area contributed by atoms with Gasteiger partial charge in [0.1, 0.15) is 0 Å². The molecule has 0 saturated heterocycles. The van der Waals surface area contributed by atoms with Gasteiger partial charge in [-0.1, -0.05) is 77.2 Å². The molecule has 0 fully saturated rings. The summed E-state index contributed by atoms with van der Waals surface area (Å²) in [5, 5.41) is 5.81. The number of hydrogen-bond donors (Lipinski definition) is 0. The normalized spacial score (nSPS) is 11.2. The van der Waals surface area contributed by atoms with Crippen molar-refractivity contribution in [3.8, 4) is 0 Å². The highest BCUT2D eigenvalue weighted by molar-refractivity contribution is 6.12. The lowest BCUT2D eigenvalue weighted by Gasteiger charge is -2.20. The van der Waals surface area contributed by atoms with Crippen molar-refractivity contribution in [2.45, 2.75) is 56.4 Å². The fraction of sp³-hybridized carbons (Fsp3) is 0.364. The third-order valence-corrected chi connectivity index (χ3v) is 4.15. The Bertz CT molecular complexity index is 725. The van der Waals surface area contributed by atoms with Gasteiger partial charge in [0.2, 0.25) is 0 Å². The van der Waals surface area contributed by atoms with Gasteiger partial charge >= 0.3 is 0 Å². The minimum atomic E-state index is 0. The van der Waals surface area contributed by atoms with E-state index in [4.69, 9.17) is 0 Å². The van der Waals surface area contributed by atoms with E-state index in [9.17, 15) is 0 Å². The van der Waals surface area contributed by atoms with Crippen molar-refractivity contribution >= 4 is 21.5 Å². The number of hydrogen-bond acceptors (Lipinski definition) is 0. The van der Waals surface area contributed by atoms with Gasteiger partial charge in [-0.15, -0.1) is 0 Å². The van der Waals surface area contributed by atoms with Crippen molar-refractivity contribution in [1.82, 2.24) is 0 Å². The Morgan fingerprint density at radius 1 is 0.591 bits per heavy atom. The minimum Gasteiger partial charge on any atom is -0.0776 e. The molecule has 0 bridgehead atoms. The van der Waals surface area contributed by atoms with Crippen LogP contribution in [0.15, 0.2) is 36.4 Å². The molecule has 0 aliphatic heterocycles. The second kappa shape index (κ2) is 6.96. The summed E-state index contributed by atoms with van der Waals surface area (Å²) >= 11 is 0. The summed E-state index contributed by atoms with van der Waals surface area (Å²) in [7, 11) is 0. The average Bonchev–Trinajstić information content (AvgIpc) is 2.34. The van der Waals surface area contributed by atoms with Crippen LogP contribution in [0.1, 0.15) is 52.0 Å². The lowest BCUT2D eigenvalue weighted by atomic mass is 9.84. The fourth-order valence-corrected chi connectivity index (χ4v) is 3.50. The van der Waals surface area contributed by atoms with Crippen molar-refractivity contribution in [3.63, 3.8) is 0 Å². The van der Waals surface area contributed by atoms with E-state index in [2.05, 4.69) is 50.2 Å². The molecule has 0 heterocycles. The third-order valence-electron chi connectivity index (χ3n) is 4.15. The Morgan fingerprint density at radius 3 is 1.32 bits per heavy atom. The second-order valence-corrected chi connectivity index (χ2v) is 5.61. The van der Waals surface area contributed by atoms with Gasteiger partial charge in [-0.25, -0.2) is 0 Å². The van der Waals surface area contributed by atoms with E-state index >= 15 is 0 Å². The quantitative estimate of drug-likeness (QED) is 0.383. The molecule has 0 nitrogen and oxygen atoms in total. The molecule has 1 aliphatic rings. The van der Waals surface area contributed by atoms with Crippen molar-refractivity contribution < 1.29 is 0 Å². The summed E-state index contributed by atoms with van der Waals surface area (Å²) < 4.78 is 0. The Kier molecular flexibility index (Phi) is 6.38. The SMILES string of the molecule is C.C.C.C.Cc1cc2c3c(ccc4cc(C)cc(c43)CC2)c1. The van der Waals surface area contributed by atoms with Gasteiger partial charge in [0, 0.05) is 0 Å². The summed E-state index contributed by atoms with van der Waals surface area (Å²) in [5.41, 5.74) is 5.83. The van der Waals surface area contributed by atoms with Crippen LogP contribution in [0.3, 0.4) is 0 Å². The molecule has 0 spiro atoms. The molecular weight excluding hydrogens is 264 g/mol. The second-order valence-electron chi connectivity index (χ2n) is 5.61. The lowest BCUT2D eigenvalue weighted by molar-refractivity contribution is 0.964. The van der Waals surface area contributed by atoms with E-state index in [0.29, 0.717) is 0 Å². The molecule has 0 aromatic heterocycles. The Morgan fingerprint density at radius 2 is 0.955 bits per heavy atom. The molecule has 0 amide bonds. The zero-order valence-corrected chi connectivity index (χ0v) is 10.9. The highest BCUT2D eigenvalue weighted by Crippen LogP contribution is 2.36. The first kappa shape index (κ1) is 20.2. The molecule has 3 aromatic carbocycles. The summed E-state index contributed by atoms with van der Waals surface area (Å²) in [5.74, 6) is 0. The minimum absolute atomic E-state index is 0. The van der Waals surface area contributed by atoms with Crippen molar-refractivity contribution in [2.75, 3.05) is 0 Å². The van der Waals surface area contributed by atoms with E-state index in [1.54, 1.807) is 0 Å². The van der Waals surface area contributed by atoms with Gasteiger partial charge < -0.3 is 0 Å². The van der Waals surface area contributed by atoms with Gasteiger partial charge in [0.15, 0.2) is 0 Å². The summed E-state index contributed by atoms with van der Waals surface area (Å²) in [6.45, 7) is 4.40. The predicted molar refractivity (Wildman–Crippen MR) is 105 cm³/mol. The van der Waals surface area contributed by atoms with E-state index in [1.807, 2.05) is 0 Å². The Labute approximate surface area is 137 Å². The van der Waals surface area contributed by atoms with E-state index in [-0.39, 0.29) is 29.7 Å². The van der Waals surface area contributed by atoms with Crippen molar-refractivity contribution in [3.05, 3.63) is 58.7 Å². The maximum absolute atomic E-state index is 2.37. The largest absolute Gasteiger partial charge is 0.0776 e. The highest BCUT2D eigenvalue weighted by Gasteiger charge is 2.15. The van der Waals surface area contributed by atoms with E-state index < -0.39 is 0 Å². The van der Waals surface area contributed by atoms with Gasteiger partial charge in [-0.3, -0.25) is 0 Å². The standard InChI is InChI=1S/C18H16.4CH4/c1-11-7-13-3-5-15-9-12(2)10-16-6-4-14(8-11)17(13)18(15)16;;;;/h3,5,7-10H,4,6H2,1-2H3;4*1H4. The molecule has 0 radical (unpaired) electrons. The van der Waals surface area contributed by atoms with Crippen LogP contribution >= 0.6 is 0 Å². The van der Waals surface area contributed by atoms with E-state index in [1.165, 1.54) is 56.6 Å². The van der Waals surface area contributed by atoms with E-state index in [0.717, 1.165) is 0 Å².